The maximum Gasteiger partial charge on any atom is 0.258 e. The third-order valence-electron chi connectivity index (χ3n) is 5.38. The van der Waals surface area contributed by atoms with E-state index in [1.807, 2.05) is 61.5 Å². The van der Waals surface area contributed by atoms with Crippen molar-refractivity contribution >= 4 is 40.2 Å². The number of carbonyl (C=O) groups excluding carboxylic acids is 1. The Hall–Kier alpha value is -5.12. The fraction of sp³-hybridized carbons (Fsp3) is 0.0400. The number of fused-ring (bicyclic) bond motifs is 2. The number of para-hydroxylation sites is 2. The predicted octanol–water partition coefficient (Wildman–Crippen LogP) is 4.37. The summed E-state index contributed by atoms with van der Waals surface area (Å²) in [6, 6.07) is 20.4. The molecule has 4 aromatic heterocycles. The van der Waals surface area contributed by atoms with E-state index in [-0.39, 0.29) is 5.91 Å². The Bertz CT molecular complexity index is 1660. The van der Waals surface area contributed by atoms with Crippen molar-refractivity contribution in [3.63, 3.8) is 0 Å². The van der Waals surface area contributed by atoms with Crippen molar-refractivity contribution in [1.29, 1.82) is 0 Å². The summed E-state index contributed by atoms with van der Waals surface area (Å²) >= 11 is 0. The average molecular weight is 461 g/mol. The van der Waals surface area contributed by atoms with E-state index in [1.54, 1.807) is 29.0 Å². The molecule has 2 aromatic carbocycles. The van der Waals surface area contributed by atoms with Crippen molar-refractivity contribution in [2.75, 3.05) is 10.6 Å². The van der Waals surface area contributed by atoms with Crippen LogP contribution in [0.15, 0.2) is 79.1 Å². The number of amides is 1. The number of anilines is 3. The molecule has 6 aromatic rings. The number of aromatic amines is 1. The Morgan fingerprint density at radius 1 is 0.971 bits per heavy atom. The molecule has 0 unspecified atom stereocenters. The zero-order valence-corrected chi connectivity index (χ0v) is 18.6. The van der Waals surface area contributed by atoms with Crippen LogP contribution in [-0.2, 0) is 0 Å². The Kier molecular flexibility index (Phi) is 4.88. The maximum absolute atomic E-state index is 12.9. The van der Waals surface area contributed by atoms with Crippen LogP contribution in [0.1, 0.15) is 16.1 Å². The van der Waals surface area contributed by atoms with Gasteiger partial charge in [0.15, 0.2) is 5.82 Å². The zero-order valence-electron chi connectivity index (χ0n) is 18.6. The van der Waals surface area contributed by atoms with E-state index in [2.05, 4.69) is 40.7 Å². The number of benzene rings is 2. The first kappa shape index (κ1) is 20.5. The Morgan fingerprint density at radius 2 is 1.89 bits per heavy atom. The van der Waals surface area contributed by atoms with Crippen LogP contribution in [0.4, 0.5) is 17.5 Å². The van der Waals surface area contributed by atoms with Crippen molar-refractivity contribution in [2.45, 2.75) is 6.92 Å². The fourth-order valence-electron chi connectivity index (χ4n) is 3.77. The fourth-order valence-corrected chi connectivity index (χ4v) is 3.77. The van der Waals surface area contributed by atoms with Gasteiger partial charge in [-0.3, -0.25) is 15.1 Å². The van der Waals surface area contributed by atoms with Crippen LogP contribution in [0.3, 0.4) is 0 Å². The highest BCUT2D eigenvalue weighted by Gasteiger charge is 2.14. The van der Waals surface area contributed by atoms with E-state index in [4.69, 9.17) is 0 Å². The van der Waals surface area contributed by atoms with Gasteiger partial charge in [-0.25, -0.2) is 9.97 Å². The summed E-state index contributed by atoms with van der Waals surface area (Å²) in [4.78, 5) is 33.6. The van der Waals surface area contributed by atoms with Gasteiger partial charge in [-0.15, -0.1) is 5.10 Å². The Labute approximate surface area is 199 Å². The smallest absolute Gasteiger partial charge is 0.258 e. The SMILES string of the molecule is Cc1cc(Nc2cccc(C(=O)Nc3nc4ccccc4[nH]3)c2)n2nc(-c3cccnc3)nc2n1. The number of pyridine rings is 1. The normalized spacial score (nSPS) is 11.1. The van der Waals surface area contributed by atoms with Crippen molar-refractivity contribution in [2.24, 2.45) is 0 Å². The topological polar surface area (TPSA) is 126 Å². The number of nitrogens with one attached hydrogen (secondary N) is 3. The summed E-state index contributed by atoms with van der Waals surface area (Å²) in [7, 11) is 0. The average Bonchev–Trinajstić information content (AvgIpc) is 3.48. The number of aryl methyl sites for hydroxylation is 1. The van der Waals surface area contributed by atoms with Crippen LogP contribution < -0.4 is 10.6 Å². The van der Waals surface area contributed by atoms with Gasteiger partial charge in [0.1, 0.15) is 5.82 Å². The van der Waals surface area contributed by atoms with Gasteiger partial charge in [-0.1, -0.05) is 18.2 Å². The number of rotatable bonds is 5. The van der Waals surface area contributed by atoms with Crippen LogP contribution in [0.2, 0.25) is 0 Å². The molecule has 0 aliphatic heterocycles. The molecule has 0 fully saturated rings. The lowest BCUT2D eigenvalue weighted by Crippen LogP contribution is -2.13. The summed E-state index contributed by atoms with van der Waals surface area (Å²) in [5.74, 6) is 1.78. The Morgan fingerprint density at radius 3 is 2.74 bits per heavy atom. The van der Waals surface area contributed by atoms with Gasteiger partial charge in [0.2, 0.25) is 5.95 Å². The molecule has 10 heteroatoms. The summed E-state index contributed by atoms with van der Waals surface area (Å²) < 4.78 is 1.64. The van der Waals surface area contributed by atoms with Crippen molar-refractivity contribution in [3.05, 3.63) is 90.4 Å². The lowest BCUT2D eigenvalue weighted by molar-refractivity contribution is 0.102. The molecule has 0 aliphatic carbocycles. The minimum atomic E-state index is -0.275. The van der Waals surface area contributed by atoms with Crippen LogP contribution in [0, 0.1) is 6.92 Å². The molecule has 170 valence electrons. The second-order valence-corrected chi connectivity index (χ2v) is 7.93. The number of carbonyl (C=O) groups is 1. The molecule has 35 heavy (non-hydrogen) atoms. The molecular formula is C25H19N9O. The highest BCUT2D eigenvalue weighted by molar-refractivity contribution is 6.04. The van der Waals surface area contributed by atoms with Crippen molar-refractivity contribution < 1.29 is 4.79 Å². The summed E-state index contributed by atoms with van der Waals surface area (Å²) in [6.45, 7) is 1.89. The van der Waals surface area contributed by atoms with Crippen LogP contribution in [0.5, 0.6) is 0 Å². The lowest BCUT2D eigenvalue weighted by atomic mass is 10.2. The zero-order chi connectivity index (χ0) is 23.8. The minimum absolute atomic E-state index is 0.275. The van der Waals surface area contributed by atoms with Gasteiger partial charge in [-0.2, -0.15) is 9.50 Å². The Balaban J connectivity index is 1.28. The molecule has 6 rings (SSSR count). The molecule has 0 spiro atoms. The van der Waals surface area contributed by atoms with Gasteiger partial charge < -0.3 is 10.3 Å². The first-order chi connectivity index (χ1) is 17.1. The third-order valence-corrected chi connectivity index (χ3v) is 5.38. The third kappa shape index (κ3) is 4.04. The maximum atomic E-state index is 12.9. The first-order valence-corrected chi connectivity index (χ1v) is 10.9. The molecule has 0 bridgehead atoms. The molecule has 0 saturated heterocycles. The molecule has 0 saturated carbocycles. The second-order valence-electron chi connectivity index (χ2n) is 7.93. The molecule has 10 nitrogen and oxygen atoms in total. The molecule has 1 amide bonds. The molecule has 0 atom stereocenters. The number of H-pyrrole nitrogens is 1. The molecular weight excluding hydrogens is 442 g/mol. The predicted molar refractivity (Wildman–Crippen MR) is 133 cm³/mol. The van der Waals surface area contributed by atoms with Crippen LogP contribution >= 0.6 is 0 Å². The lowest BCUT2D eigenvalue weighted by Gasteiger charge is -2.10. The van der Waals surface area contributed by atoms with Gasteiger partial charge in [0, 0.05) is 41.0 Å². The highest BCUT2D eigenvalue weighted by atomic mass is 16.1. The number of hydrogen-bond acceptors (Lipinski definition) is 7. The summed E-state index contributed by atoms with van der Waals surface area (Å²) in [6.07, 6.45) is 3.41. The van der Waals surface area contributed by atoms with Gasteiger partial charge in [0.05, 0.1) is 11.0 Å². The quantitative estimate of drug-likeness (QED) is 0.348. The number of aromatic nitrogens is 7. The van der Waals surface area contributed by atoms with Crippen LogP contribution in [0.25, 0.3) is 28.2 Å². The minimum Gasteiger partial charge on any atom is -0.340 e. The number of imidazole rings is 1. The van der Waals surface area contributed by atoms with Gasteiger partial charge >= 0.3 is 0 Å². The summed E-state index contributed by atoms with van der Waals surface area (Å²) in [5.41, 5.74) is 4.41. The number of nitrogens with zero attached hydrogens (tertiary/aromatic N) is 6. The molecule has 0 aliphatic rings. The van der Waals surface area contributed by atoms with E-state index in [9.17, 15) is 4.79 Å². The van der Waals surface area contributed by atoms with E-state index in [0.717, 1.165) is 22.3 Å². The van der Waals surface area contributed by atoms with Crippen LogP contribution in [-0.4, -0.2) is 40.4 Å². The van der Waals surface area contributed by atoms with Gasteiger partial charge in [-0.05, 0) is 49.4 Å². The largest absolute Gasteiger partial charge is 0.340 e. The summed E-state index contributed by atoms with van der Waals surface area (Å²) in [5, 5.41) is 10.8. The van der Waals surface area contributed by atoms with Crippen molar-refractivity contribution in [1.82, 2.24) is 34.5 Å². The van der Waals surface area contributed by atoms with Gasteiger partial charge in [0.25, 0.3) is 11.7 Å². The number of hydrogen-bond donors (Lipinski definition) is 3. The highest BCUT2D eigenvalue weighted by Crippen LogP contribution is 2.22. The molecule has 3 N–H and O–H groups in total. The van der Waals surface area contributed by atoms with Crippen molar-refractivity contribution in [3.8, 4) is 11.4 Å². The standard InChI is InChI=1S/C25H19N9O/c1-15-12-21(34-25(27-15)31-22(33-34)17-7-5-11-26-14-17)28-18-8-4-6-16(13-18)23(35)32-24-29-19-9-2-3-10-20(19)30-24/h2-14,28H,1H3,(H2,29,30,32,35). The first-order valence-electron chi connectivity index (χ1n) is 10.9. The molecule has 0 radical (unpaired) electrons. The monoisotopic (exact) mass is 461 g/mol. The van der Waals surface area contributed by atoms with E-state index >= 15 is 0 Å². The molecule has 4 heterocycles. The second kappa shape index (κ2) is 8.34. The van der Waals surface area contributed by atoms with E-state index in [1.165, 1.54) is 0 Å². The van der Waals surface area contributed by atoms with E-state index < -0.39 is 0 Å². The van der Waals surface area contributed by atoms with E-state index in [0.29, 0.717) is 34.6 Å².